The Morgan fingerprint density at radius 2 is 1.78 bits per heavy atom. The van der Waals surface area contributed by atoms with Gasteiger partial charge in [-0.25, -0.2) is 13.1 Å². The quantitative estimate of drug-likeness (QED) is 0.653. The lowest BCUT2D eigenvalue weighted by Crippen LogP contribution is -2.25. The molecule has 0 aliphatic rings. The molecule has 27 heavy (non-hydrogen) atoms. The number of carbonyl (C=O) groups is 1. The number of sulfonamides is 1. The van der Waals surface area contributed by atoms with Crippen molar-refractivity contribution in [1.29, 1.82) is 0 Å². The highest BCUT2D eigenvalue weighted by molar-refractivity contribution is 7.92. The van der Waals surface area contributed by atoms with Gasteiger partial charge in [0.05, 0.1) is 18.1 Å². The first kappa shape index (κ1) is 18.7. The summed E-state index contributed by atoms with van der Waals surface area (Å²) in [5, 5.41) is 7.18. The molecule has 0 saturated heterocycles. The van der Waals surface area contributed by atoms with Gasteiger partial charge in [-0.2, -0.15) is 5.10 Å². The summed E-state index contributed by atoms with van der Waals surface area (Å²) in [4.78, 5) is 12.2. The van der Waals surface area contributed by atoms with Crippen molar-refractivity contribution >= 4 is 21.6 Å². The average Bonchev–Trinajstić information content (AvgIpc) is 3.10. The molecule has 0 bridgehead atoms. The van der Waals surface area contributed by atoms with E-state index in [0.29, 0.717) is 24.2 Å². The summed E-state index contributed by atoms with van der Waals surface area (Å²) in [5.41, 5.74) is 2.89. The Morgan fingerprint density at radius 1 is 1.07 bits per heavy atom. The van der Waals surface area contributed by atoms with Crippen molar-refractivity contribution in [2.75, 3.05) is 17.5 Å². The average molecular weight is 384 g/mol. The number of nitrogens with one attached hydrogen (secondary N) is 2. The summed E-state index contributed by atoms with van der Waals surface area (Å²) >= 11 is 0. The predicted molar refractivity (Wildman–Crippen MR) is 105 cm³/mol. The zero-order chi connectivity index (χ0) is 19.3. The standard InChI is InChI=1S/C19H20N4O3S/c1-27(25,26)22-17-9-7-16(8-10-17)19(24)20-12-11-15-13-21-23(14-15)18-5-3-2-4-6-18/h2-10,13-14,22H,11-12H2,1H3,(H,20,24). The molecular formula is C19H20N4O3S. The van der Waals surface area contributed by atoms with E-state index < -0.39 is 10.0 Å². The Labute approximate surface area is 158 Å². The summed E-state index contributed by atoms with van der Waals surface area (Å²) in [6.45, 7) is 0.475. The van der Waals surface area contributed by atoms with Gasteiger partial charge in [0.25, 0.3) is 5.91 Å². The Hall–Kier alpha value is -3.13. The maximum atomic E-state index is 12.2. The van der Waals surface area contributed by atoms with Crippen LogP contribution in [0.5, 0.6) is 0 Å². The molecule has 0 saturated carbocycles. The van der Waals surface area contributed by atoms with Crippen molar-refractivity contribution in [1.82, 2.24) is 15.1 Å². The third-order valence-electron chi connectivity index (χ3n) is 3.81. The molecule has 1 heterocycles. The van der Waals surface area contributed by atoms with Crippen LogP contribution in [0.3, 0.4) is 0 Å². The molecule has 2 N–H and O–H groups in total. The lowest BCUT2D eigenvalue weighted by molar-refractivity contribution is 0.0954. The molecular weight excluding hydrogens is 364 g/mol. The fraction of sp³-hybridized carbons (Fsp3) is 0.158. The van der Waals surface area contributed by atoms with Crippen molar-refractivity contribution in [3.63, 3.8) is 0 Å². The maximum Gasteiger partial charge on any atom is 0.251 e. The van der Waals surface area contributed by atoms with E-state index in [1.807, 2.05) is 36.5 Å². The van der Waals surface area contributed by atoms with E-state index in [-0.39, 0.29) is 5.91 Å². The molecule has 3 rings (SSSR count). The summed E-state index contributed by atoms with van der Waals surface area (Å²) in [6, 6.07) is 16.1. The van der Waals surface area contributed by atoms with E-state index in [1.54, 1.807) is 35.1 Å². The van der Waals surface area contributed by atoms with Gasteiger partial charge in [-0.05, 0) is 48.4 Å². The van der Waals surface area contributed by atoms with Gasteiger partial charge >= 0.3 is 0 Å². The highest BCUT2D eigenvalue weighted by atomic mass is 32.2. The monoisotopic (exact) mass is 384 g/mol. The van der Waals surface area contributed by atoms with Crippen LogP contribution < -0.4 is 10.0 Å². The largest absolute Gasteiger partial charge is 0.352 e. The first-order chi connectivity index (χ1) is 12.9. The van der Waals surface area contributed by atoms with Crippen molar-refractivity contribution in [2.24, 2.45) is 0 Å². The van der Waals surface area contributed by atoms with Gasteiger partial charge in [0.1, 0.15) is 0 Å². The van der Waals surface area contributed by atoms with E-state index in [1.165, 1.54) is 0 Å². The van der Waals surface area contributed by atoms with Crippen LogP contribution in [0.15, 0.2) is 67.0 Å². The number of rotatable bonds is 7. The summed E-state index contributed by atoms with van der Waals surface area (Å²) < 4.78 is 26.5. The number of anilines is 1. The number of nitrogens with zero attached hydrogens (tertiary/aromatic N) is 2. The van der Waals surface area contributed by atoms with Gasteiger partial charge in [-0.15, -0.1) is 0 Å². The lowest BCUT2D eigenvalue weighted by Gasteiger charge is -2.06. The topological polar surface area (TPSA) is 93.1 Å². The number of carbonyl (C=O) groups excluding carboxylic acids is 1. The van der Waals surface area contributed by atoms with Crippen LogP contribution in [0, 0.1) is 0 Å². The molecule has 0 unspecified atom stereocenters. The van der Waals surface area contributed by atoms with Gasteiger partial charge < -0.3 is 5.32 Å². The normalized spacial score (nSPS) is 11.1. The van der Waals surface area contributed by atoms with E-state index in [0.717, 1.165) is 17.5 Å². The highest BCUT2D eigenvalue weighted by Crippen LogP contribution is 2.11. The van der Waals surface area contributed by atoms with E-state index in [2.05, 4.69) is 15.1 Å². The number of hydrogen-bond acceptors (Lipinski definition) is 4. The van der Waals surface area contributed by atoms with Crippen LogP contribution in [-0.4, -0.2) is 36.9 Å². The molecule has 0 radical (unpaired) electrons. The molecule has 2 aromatic carbocycles. The van der Waals surface area contributed by atoms with E-state index in [9.17, 15) is 13.2 Å². The molecule has 0 aliphatic carbocycles. The van der Waals surface area contributed by atoms with Crippen molar-refractivity contribution < 1.29 is 13.2 Å². The second-order valence-corrected chi connectivity index (χ2v) is 7.83. The predicted octanol–water partition coefficient (Wildman–Crippen LogP) is 2.22. The molecule has 1 aromatic heterocycles. The number of benzene rings is 2. The number of para-hydroxylation sites is 1. The van der Waals surface area contributed by atoms with Crippen LogP contribution in [-0.2, 0) is 16.4 Å². The Balaban J connectivity index is 1.52. The minimum atomic E-state index is -3.33. The van der Waals surface area contributed by atoms with Gasteiger partial charge in [0.15, 0.2) is 0 Å². The van der Waals surface area contributed by atoms with E-state index in [4.69, 9.17) is 0 Å². The van der Waals surface area contributed by atoms with Crippen LogP contribution in [0.1, 0.15) is 15.9 Å². The fourth-order valence-electron chi connectivity index (χ4n) is 2.54. The molecule has 140 valence electrons. The molecule has 0 fully saturated rings. The first-order valence-electron chi connectivity index (χ1n) is 8.36. The molecule has 0 atom stereocenters. The minimum Gasteiger partial charge on any atom is -0.352 e. The first-order valence-corrected chi connectivity index (χ1v) is 10.2. The Morgan fingerprint density at radius 3 is 2.44 bits per heavy atom. The maximum absolute atomic E-state index is 12.2. The van der Waals surface area contributed by atoms with Crippen LogP contribution >= 0.6 is 0 Å². The number of amides is 1. The lowest BCUT2D eigenvalue weighted by atomic mass is 10.2. The second-order valence-electron chi connectivity index (χ2n) is 6.09. The van der Waals surface area contributed by atoms with Crippen molar-refractivity contribution in [3.05, 3.63) is 78.1 Å². The molecule has 1 amide bonds. The number of aromatic nitrogens is 2. The van der Waals surface area contributed by atoms with Gasteiger partial charge in [0.2, 0.25) is 10.0 Å². The summed E-state index contributed by atoms with van der Waals surface area (Å²) in [7, 11) is -3.33. The number of hydrogen-bond donors (Lipinski definition) is 2. The van der Waals surface area contributed by atoms with Crippen LogP contribution in [0.4, 0.5) is 5.69 Å². The third kappa shape index (κ3) is 5.42. The summed E-state index contributed by atoms with van der Waals surface area (Å²) in [6.07, 6.45) is 5.46. The Bertz CT molecular complexity index is 1010. The van der Waals surface area contributed by atoms with Crippen LogP contribution in [0.25, 0.3) is 5.69 Å². The van der Waals surface area contributed by atoms with E-state index >= 15 is 0 Å². The zero-order valence-corrected chi connectivity index (χ0v) is 15.6. The third-order valence-corrected chi connectivity index (χ3v) is 4.41. The molecule has 8 heteroatoms. The highest BCUT2D eigenvalue weighted by Gasteiger charge is 2.07. The Kier molecular flexibility index (Phi) is 5.56. The smallest absolute Gasteiger partial charge is 0.251 e. The van der Waals surface area contributed by atoms with Crippen molar-refractivity contribution in [2.45, 2.75) is 6.42 Å². The molecule has 3 aromatic rings. The molecule has 0 aliphatic heterocycles. The minimum absolute atomic E-state index is 0.212. The van der Waals surface area contributed by atoms with Gasteiger partial charge in [-0.1, -0.05) is 18.2 Å². The van der Waals surface area contributed by atoms with Crippen molar-refractivity contribution in [3.8, 4) is 5.69 Å². The zero-order valence-electron chi connectivity index (χ0n) is 14.8. The van der Waals surface area contributed by atoms with Gasteiger partial charge in [-0.3, -0.25) is 9.52 Å². The van der Waals surface area contributed by atoms with Gasteiger partial charge in [0, 0.05) is 24.0 Å². The van der Waals surface area contributed by atoms with Crippen LogP contribution in [0.2, 0.25) is 0 Å². The SMILES string of the molecule is CS(=O)(=O)Nc1ccc(C(=O)NCCc2cnn(-c3ccccc3)c2)cc1. The molecule has 7 nitrogen and oxygen atoms in total. The molecule has 0 spiro atoms. The second kappa shape index (κ2) is 8.05. The summed E-state index contributed by atoms with van der Waals surface area (Å²) in [5.74, 6) is -0.212. The fourth-order valence-corrected chi connectivity index (χ4v) is 3.10.